The SMILES string of the molecule is C[C@@H]1C=CC[C@@H]2C(=O)N(c3ccc(C(=O)Nc4ccc(C(=O)O)cc4)cc3)C(=O)[C@@H]12. The molecule has 1 heterocycles. The van der Waals surface area contributed by atoms with Crippen molar-refractivity contribution in [1.82, 2.24) is 0 Å². The number of rotatable bonds is 4. The van der Waals surface area contributed by atoms with E-state index < -0.39 is 5.97 Å². The Hall–Kier alpha value is -3.74. The lowest BCUT2D eigenvalue weighted by molar-refractivity contribution is -0.122. The van der Waals surface area contributed by atoms with Gasteiger partial charge in [0.05, 0.1) is 23.1 Å². The van der Waals surface area contributed by atoms with Gasteiger partial charge in [0, 0.05) is 11.3 Å². The van der Waals surface area contributed by atoms with Gasteiger partial charge in [-0.3, -0.25) is 19.3 Å². The topological polar surface area (TPSA) is 104 Å². The van der Waals surface area contributed by atoms with Crippen molar-refractivity contribution in [2.24, 2.45) is 17.8 Å². The number of carboxylic acids is 1. The van der Waals surface area contributed by atoms with Gasteiger partial charge in [-0.2, -0.15) is 0 Å². The molecule has 152 valence electrons. The summed E-state index contributed by atoms with van der Waals surface area (Å²) in [5.41, 5.74) is 1.40. The molecule has 0 spiro atoms. The van der Waals surface area contributed by atoms with Crippen LogP contribution in [0.5, 0.6) is 0 Å². The molecule has 2 aromatic carbocycles. The number of aromatic carboxylic acids is 1. The quantitative estimate of drug-likeness (QED) is 0.601. The molecule has 0 aromatic heterocycles. The van der Waals surface area contributed by atoms with Crippen LogP contribution in [0.4, 0.5) is 11.4 Å². The molecule has 0 saturated carbocycles. The van der Waals surface area contributed by atoms with E-state index in [1.54, 1.807) is 24.3 Å². The van der Waals surface area contributed by atoms with E-state index in [4.69, 9.17) is 5.11 Å². The first kappa shape index (κ1) is 19.6. The second-order valence-corrected chi connectivity index (χ2v) is 7.55. The minimum Gasteiger partial charge on any atom is -0.478 e. The molecule has 2 N–H and O–H groups in total. The molecule has 0 radical (unpaired) electrons. The molecule has 1 aliphatic heterocycles. The van der Waals surface area contributed by atoms with Crippen LogP contribution in [-0.4, -0.2) is 28.8 Å². The standard InChI is InChI=1S/C23H20N2O5/c1-13-3-2-4-18-19(13)22(28)25(21(18)27)17-11-7-14(8-12-17)20(26)24-16-9-5-15(6-10-16)23(29)30/h2-3,5-13,18-19H,4H2,1H3,(H,24,26)(H,29,30)/t13-,18+,19+/m1/s1. The Morgan fingerprint density at radius 2 is 1.60 bits per heavy atom. The first-order valence-electron chi connectivity index (χ1n) is 9.66. The van der Waals surface area contributed by atoms with Crippen LogP contribution in [0, 0.1) is 17.8 Å². The summed E-state index contributed by atoms with van der Waals surface area (Å²) in [7, 11) is 0. The van der Waals surface area contributed by atoms with Gasteiger partial charge in [0.15, 0.2) is 0 Å². The van der Waals surface area contributed by atoms with Crippen molar-refractivity contribution < 1.29 is 24.3 Å². The number of nitrogens with one attached hydrogen (secondary N) is 1. The van der Waals surface area contributed by atoms with E-state index in [0.29, 0.717) is 23.4 Å². The number of fused-ring (bicyclic) bond motifs is 1. The largest absolute Gasteiger partial charge is 0.478 e. The van der Waals surface area contributed by atoms with Crippen molar-refractivity contribution in [3.8, 4) is 0 Å². The number of amides is 3. The first-order chi connectivity index (χ1) is 14.4. The molecule has 4 rings (SSSR count). The maximum absolute atomic E-state index is 12.8. The number of carboxylic acid groups (broad SMARTS) is 1. The van der Waals surface area contributed by atoms with Crippen LogP contribution in [-0.2, 0) is 9.59 Å². The number of anilines is 2. The summed E-state index contributed by atoms with van der Waals surface area (Å²) < 4.78 is 0. The van der Waals surface area contributed by atoms with Crippen LogP contribution in [0.3, 0.4) is 0 Å². The fraction of sp³-hybridized carbons (Fsp3) is 0.217. The summed E-state index contributed by atoms with van der Waals surface area (Å²) in [6.07, 6.45) is 4.50. The van der Waals surface area contributed by atoms with E-state index in [1.165, 1.54) is 29.2 Å². The Morgan fingerprint density at radius 1 is 0.967 bits per heavy atom. The van der Waals surface area contributed by atoms with E-state index in [-0.39, 0.29) is 41.0 Å². The number of hydrogen-bond acceptors (Lipinski definition) is 4. The number of imide groups is 1. The third-order valence-electron chi connectivity index (χ3n) is 5.65. The zero-order valence-corrected chi connectivity index (χ0v) is 16.2. The molecular formula is C23H20N2O5. The van der Waals surface area contributed by atoms with Gasteiger partial charge < -0.3 is 10.4 Å². The van der Waals surface area contributed by atoms with Crippen molar-refractivity contribution in [2.75, 3.05) is 10.2 Å². The highest BCUT2D eigenvalue weighted by Gasteiger charge is 2.50. The molecule has 2 aliphatic rings. The minimum absolute atomic E-state index is 0.0165. The van der Waals surface area contributed by atoms with Crippen LogP contribution in [0.1, 0.15) is 34.1 Å². The van der Waals surface area contributed by atoms with Crippen LogP contribution < -0.4 is 10.2 Å². The molecule has 1 fully saturated rings. The summed E-state index contributed by atoms with van der Waals surface area (Å²) in [5, 5.41) is 11.6. The predicted octanol–water partition coefficient (Wildman–Crippen LogP) is 3.34. The number of hydrogen-bond donors (Lipinski definition) is 2. The minimum atomic E-state index is -1.04. The summed E-state index contributed by atoms with van der Waals surface area (Å²) in [6.45, 7) is 1.94. The lowest BCUT2D eigenvalue weighted by atomic mass is 9.78. The molecular weight excluding hydrogens is 384 g/mol. The molecule has 0 bridgehead atoms. The lowest BCUT2D eigenvalue weighted by Gasteiger charge is -2.22. The van der Waals surface area contributed by atoms with Gasteiger partial charge in [-0.25, -0.2) is 4.79 Å². The second kappa shape index (κ2) is 7.59. The molecule has 3 amide bonds. The molecule has 0 unspecified atom stereocenters. The van der Waals surface area contributed by atoms with E-state index in [2.05, 4.69) is 5.32 Å². The highest BCUT2D eigenvalue weighted by atomic mass is 16.4. The fourth-order valence-corrected chi connectivity index (χ4v) is 4.06. The molecule has 1 aliphatic carbocycles. The van der Waals surface area contributed by atoms with Crippen LogP contribution in [0.2, 0.25) is 0 Å². The monoisotopic (exact) mass is 404 g/mol. The zero-order valence-electron chi connectivity index (χ0n) is 16.2. The average Bonchev–Trinajstić information content (AvgIpc) is 3.00. The molecule has 7 nitrogen and oxygen atoms in total. The Bertz CT molecular complexity index is 1060. The van der Waals surface area contributed by atoms with Crippen LogP contribution >= 0.6 is 0 Å². The third kappa shape index (κ3) is 3.39. The zero-order chi connectivity index (χ0) is 21.4. The van der Waals surface area contributed by atoms with Gasteiger partial charge in [-0.05, 0) is 60.9 Å². The molecule has 3 atom stereocenters. The number of allylic oxidation sites excluding steroid dienone is 2. The van der Waals surface area contributed by atoms with Gasteiger partial charge in [-0.1, -0.05) is 19.1 Å². The highest BCUT2D eigenvalue weighted by Crippen LogP contribution is 2.40. The number of nitrogens with zero attached hydrogens (tertiary/aromatic N) is 1. The van der Waals surface area contributed by atoms with Crippen LogP contribution in [0.15, 0.2) is 60.7 Å². The Morgan fingerprint density at radius 3 is 2.20 bits per heavy atom. The van der Waals surface area contributed by atoms with Gasteiger partial charge in [-0.15, -0.1) is 0 Å². The Kier molecular flexibility index (Phi) is 4.95. The van der Waals surface area contributed by atoms with E-state index in [0.717, 1.165) is 0 Å². The number of carbonyl (C=O) groups is 4. The van der Waals surface area contributed by atoms with Crippen molar-refractivity contribution in [3.05, 3.63) is 71.8 Å². The van der Waals surface area contributed by atoms with Gasteiger partial charge >= 0.3 is 5.97 Å². The van der Waals surface area contributed by atoms with Gasteiger partial charge in [0.25, 0.3) is 5.91 Å². The van der Waals surface area contributed by atoms with E-state index in [9.17, 15) is 19.2 Å². The van der Waals surface area contributed by atoms with Crippen molar-refractivity contribution in [3.63, 3.8) is 0 Å². The van der Waals surface area contributed by atoms with Crippen molar-refractivity contribution in [2.45, 2.75) is 13.3 Å². The molecule has 1 saturated heterocycles. The number of benzene rings is 2. The van der Waals surface area contributed by atoms with Crippen LogP contribution in [0.25, 0.3) is 0 Å². The normalized spacial score (nSPS) is 22.7. The average molecular weight is 404 g/mol. The predicted molar refractivity (Wildman–Crippen MR) is 110 cm³/mol. The third-order valence-corrected chi connectivity index (χ3v) is 5.65. The van der Waals surface area contributed by atoms with Gasteiger partial charge in [0.2, 0.25) is 11.8 Å². The fourth-order valence-electron chi connectivity index (χ4n) is 4.06. The lowest BCUT2D eigenvalue weighted by Crippen LogP contribution is -2.31. The van der Waals surface area contributed by atoms with Gasteiger partial charge in [0.1, 0.15) is 0 Å². The van der Waals surface area contributed by atoms with E-state index in [1.807, 2.05) is 19.1 Å². The summed E-state index contributed by atoms with van der Waals surface area (Å²) in [5.74, 6) is -2.46. The number of carbonyl (C=O) groups excluding carboxylic acids is 3. The van der Waals surface area contributed by atoms with Crippen molar-refractivity contribution >= 4 is 35.1 Å². The smallest absolute Gasteiger partial charge is 0.335 e. The molecule has 2 aromatic rings. The Labute approximate surface area is 173 Å². The maximum atomic E-state index is 12.8. The maximum Gasteiger partial charge on any atom is 0.335 e. The summed E-state index contributed by atoms with van der Waals surface area (Å²) in [4.78, 5) is 50.2. The highest BCUT2D eigenvalue weighted by molar-refractivity contribution is 6.22. The Balaban J connectivity index is 1.49. The first-order valence-corrected chi connectivity index (χ1v) is 9.66. The molecule has 7 heteroatoms. The van der Waals surface area contributed by atoms with Crippen molar-refractivity contribution in [1.29, 1.82) is 0 Å². The summed E-state index contributed by atoms with van der Waals surface area (Å²) >= 11 is 0. The molecule has 30 heavy (non-hydrogen) atoms. The summed E-state index contributed by atoms with van der Waals surface area (Å²) in [6, 6.07) is 12.1. The second-order valence-electron chi connectivity index (χ2n) is 7.55. The van der Waals surface area contributed by atoms with E-state index >= 15 is 0 Å².